The van der Waals surface area contributed by atoms with Gasteiger partial charge in [0, 0.05) is 21.5 Å². The van der Waals surface area contributed by atoms with Crippen LogP contribution in [0.15, 0.2) is 53.8 Å². The van der Waals surface area contributed by atoms with Crippen molar-refractivity contribution in [2.75, 3.05) is 11.1 Å². The molecule has 1 amide bonds. The van der Waals surface area contributed by atoms with Crippen molar-refractivity contribution in [3.05, 3.63) is 64.8 Å². The molecule has 170 valence electrons. The minimum absolute atomic E-state index is 0.0379. The van der Waals surface area contributed by atoms with Crippen molar-refractivity contribution < 1.29 is 4.79 Å². The first-order chi connectivity index (χ1) is 16.6. The molecule has 6 rings (SSSR count). The number of nitrogens with one attached hydrogen (secondary N) is 1. The van der Waals surface area contributed by atoms with Crippen LogP contribution < -0.4 is 5.32 Å². The van der Waals surface area contributed by atoms with Crippen LogP contribution in [0.4, 0.5) is 5.69 Å². The minimum Gasteiger partial charge on any atom is -0.325 e. The van der Waals surface area contributed by atoms with Crippen LogP contribution in [-0.4, -0.2) is 26.6 Å². The maximum Gasteiger partial charge on any atom is 0.234 e. The van der Waals surface area contributed by atoms with E-state index in [4.69, 9.17) is 4.98 Å². The SMILES string of the molecule is Cc1ccc2nc(-c3ccc(NC(=O)CSc4ncnc5sc6c(c45)CCCC6)cc3)sc2c1. The van der Waals surface area contributed by atoms with E-state index in [-0.39, 0.29) is 5.91 Å². The molecule has 1 N–H and O–H groups in total. The molecular weight excluding hydrogens is 481 g/mol. The van der Waals surface area contributed by atoms with E-state index >= 15 is 0 Å². The lowest BCUT2D eigenvalue weighted by Crippen LogP contribution is -2.14. The highest BCUT2D eigenvalue weighted by Crippen LogP contribution is 2.39. The molecule has 0 atom stereocenters. The van der Waals surface area contributed by atoms with E-state index in [9.17, 15) is 4.79 Å². The lowest BCUT2D eigenvalue weighted by Gasteiger charge is -2.11. The number of carbonyl (C=O) groups excluding carboxylic acids is 1. The molecule has 1 aliphatic carbocycles. The fourth-order valence-corrected chi connectivity index (χ4v) is 7.54. The number of thiazole rings is 1. The number of benzene rings is 2. The van der Waals surface area contributed by atoms with Gasteiger partial charge in [-0.25, -0.2) is 15.0 Å². The molecule has 3 aromatic heterocycles. The number of anilines is 1. The van der Waals surface area contributed by atoms with Gasteiger partial charge in [-0.3, -0.25) is 4.79 Å². The van der Waals surface area contributed by atoms with Crippen LogP contribution in [0.25, 0.3) is 31.0 Å². The smallest absolute Gasteiger partial charge is 0.234 e. The molecule has 0 spiro atoms. The van der Waals surface area contributed by atoms with Gasteiger partial charge in [0.2, 0.25) is 5.91 Å². The van der Waals surface area contributed by atoms with Crippen molar-refractivity contribution in [2.45, 2.75) is 37.6 Å². The van der Waals surface area contributed by atoms with Gasteiger partial charge in [-0.15, -0.1) is 22.7 Å². The van der Waals surface area contributed by atoms with E-state index < -0.39 is 0 Å². The molecule has 2 aromatic carbocycles. The van der Waals surface area contributed by atoms with Crippen molar-refractivity contribution in [1.29, 1.82) is 0 Å². The topological polar surface area (TPSA) is 67.8 Å². The Morgan fingerprint density at radius 3 is 2.79 bits per heavy atom. The maximum absolute atomic E-state index is 12.7. The summed E-state index contributed by atoms with van der Waals surface area (Å²) in [5.41, 5.74) is 5.49. The van der Waals surface area contributed by atoms with Gasteiger partial charge >= 0.3 is 0 Å². The lowest BCUT2D eigenvalue weighted by atomic mass is 9.97. The number of thioether (sulfide) groups is 1. The Kier molecular flexibility index (Phi) is 5.80. The highest BCUT2D eigenvalue weighted by molar-refractivity contribution is 8.00. The summed E-state index contributed by atoms with van der Waals surface area (Å²) in [4.78, 5) is 28.9. The summed E-state index contributed by atoms with van der Waals surface area (Å²) in [5, 5.41) is 6.08. The average Bonchev–Trinajstić information content (AvgIpc) is 3.44. The van der Waals surface area contributed by atoms with E-state index in [1.165, 1.54) is 45.3 Å². The van der Waals surface area contributed by atoms with Gasteiger partial charge in [0.1, 0.15) is 21.2 Å². The van der Waals surface area contributed by atoms with Crippen LogP contribution in [0.1, 0.15) is 28.8 Å². The zero-order valence-corrected chi connectivity index (χ0v) is 21.1. The lowest BCUT2D eigenvalue weighted by molar-refractivity contribution is -0.113. The van der Waals surface area contributed by atoms with Crippen LogP contribution in [0, 0.1) is 6.92 Å². The number of aromatic nitrogens is 3. The summed E-state index contributed by atoms with van der Waals surface area (Å²) in [6.45, 7) is 2.09. The molecule has 1 aliphatic rings. The van der Waals surface area contributed by atoms with Crippen LogP contribution in [-0.2, 0) is 17.6 Å². The summed E-state index contributed by atoms with van der Waals surface area (Å²) in [6.07, 6.45) is 6.30. The molecule has 0 fully saturated rings. The van der Waals surface area contributed by atoms with Crippen LogP contribution >= 0.6 is 34.4 Å². The Labute approximate surface area is 209 Å². The van der Waals surface area contributed by atoms with Crippen molar-refractivity contribution in [1.82, 2.24) is 15.0 Å². The van der Waals surface area contributed by atoms with Gasteiger partial charge in [0.15, 0.2) is 0 Å². The van der Waals surface area contributed by atoms with Crippen LogP contribution in [0.3, 0.4) is 0 Å². The first-order valence-electron chi connectivity index (χ1n) is 11.3. The molecule has 0 unspecified atom stereocenters. The van der Waals surface area contributed by atoms with Gasteiger partial charge in [-0.05, 0) is 80.1 Å². The molecule has 0 saturated carbocycles. The Bertz CT molecular complexity index is 1520. The van der Waals surface area contributed by atoms with Gasteiger partial charge in [-0.1, -0.05) is 17.8 Å². The van der Waals surface area contributed by atoms with Crippen molar-refractivity contribution in [2.24, 2.45) is 0 Å². The summed E-state index contributed by atoms with van der Waals surface area (Å²) in [5.74, 6) is 0.277. The Morgan fingerprint density at radius 1 is 1.06 bits per heavy atom. The highest BCUT2D eigenvalue weighted by Gasteiger charge is 2.20. The fourth-order valence-electron chi connectivity index (χ4n) is 4.35. The number of thiophene rings is 1. The molecule has 5 nitrogen and oxygen atoms in total. The normalized spacial score (nSPS) is 13.3. The summed E-state index contributed by atoms with van der Waals surface area (Å²) in [6, 6.07) is 14.2. The number of nitrogens with zero attached hydrogens (tertiary/aromatic N) is 3. The fraction of sp³-hybridized carbons (Fsp3) is 0.231. The number of amides is 1. The van der Waals surface area contributed by atoms with E-state index in [1.54, 1.807) is 29.0 Å². The second-order valence-electron chi connectivity index (χ2n) is 8.47. The molecule has 34 heavy (non-hydrogen) atoms. The van der Waals surface area contributed by atoms with Gasteiger partial charge < -0.3 is 5.32 Å². The number of aryl methyl sites for hydroxylation is 3. The molecule has 3 heterocycles. The van der Waals surface area contributed by atoms with Crippen molar-refractivity contribution in [3.8, 4) is 10.6 Å². The molecule has 0 radical (unpaired) electrons. The maximum atomic E-state index is 12.7. The predicted molar refractivity (Wildman–Crippen MR) is 143 cm³/mol. The summed E-state index contributed by atoms with van der Waals surface area (Å²) >= 11 is 4.96. The third kappa shape index (κ3) is 4.21. The van der Waals surface area contributed by atoms with Gasteiger partial charge in [0.25, 0.3) is 0 Å². The quantitative estimate of drug-likeness (QED) is 0.209. The van der Waals surface area contributed by atoms with E-state index in [1.807, 2.05) is 24.3 Å². The third-order valence-corrected chi connectivity index (χ3v) is 9.27. The summed E-state index contributed by atoms with van der Waals surface area (Å²) < 4.78 is 1.19. The monoisotopic (exact) mass is 502 g/mol. The van der Waals surface area contributed by atoms with E-state index in [0.717, 1.165) is 49.9 Å². The van der Waals surface area contributed by atoms with Crippen molar-refractivity contribution in [3.63, 3.8) is 0 Å². The zero-order chi connectivity index (χ0) is 23.1. The Balaban J connectivity index is 1.14. The third-order valence-electron chi connectivity index (χ3n) is 6.02. The number of carbonyl (C=O) groups is 1. The number of fused-ring (bicyclic) bond motifs is 4. The van der Waals surface area contributed by atoms with E-state index in [2.05, 4.69) is 40.4 Å². The minimum atomic E-state index is -0.0379. The highest BCUT2D eigenvalue weighted by atomic mass is 32.2. The molecule has 0 bridgehead atoms. The number of hydrogen-bond donors (Lipinski definition) is 1. The Morgan fingerprint density at radius 2 is 1.91 bits per heavy atom. The average molecular weight is 503 g/mol. The largest absolute Gasteiger partial charge is 0.325 e. The van der Waals surface area contributed by atoms with Crippen LogP contribution in [0.5, 0.6) is 0 Å². The first-order valence-corrected chi connectivity index (χ1v) is 13.9. The number of rotatable bonds is 5. The standard InChI is InChI=1S/C26H22N4OS3/c1-15-6-11-19-21(12-15)34-24(30-19)16-7-9-17(10-8-16)29-22(31)13-32-25-23-18-4-2-3-5-20(18)33-26(23)28-14-27-25/h6-12,14H,2-5,13H2,1H3,(H,29,31). The number of hydrogen-bond acceptors (Lipinski definition) is 7. The van der Waals surface area contributed by atoms with Crippen molar-refractivity contribution >= 4 is 66.5 Å². The molecular formula is C26H22N4OS3. The molecule has 0 saturated heterocycles. The first kappa shape index (κ1) is 21.7. The molecule has 5 aromatic rings. The molecule has 8 heteroatoms. The van der Waals surface area contributed by atoms with Crippen LogP contribution in [0.2, 0.25) is 0 Å². The van der Waals surface area contributed by atoms with Gasteiger partial charge in [-0.2, -0.15) is 0 Å². The zero-order valence-electron chi connectivity index (χ0n) is 18.6. The second kappa shape index (κ2) is 9.09. The molecule has 0 aliphatic heterocycles. The second-order valence-corrected chi connectivity index (χ2v) is 11.6. The summed E-state index contributed by atoms with van der Waals surface area (Å²) in [7, 11) is 0. The van der Waals surface area contributed by atoms with Gasteiger partial charge in [0.05, 0.1) is 16.0 Å². The Hall–Kier alpha value is -2.81. The predicted octanol–water partition coefficient (Wildman–Crippen LogP) is 6.89. The van der Waals surface area contributed by atoms with E-state index in [0.29, 0.717) is 5.75 Å².